The molecule has 3 aliphatic rings. The van der Waals surface area contributed by atoms with E-state index in [9.17, 15) is 18.8 Å². The first-order chi connectivity index (χ1) is 15.4. The molecule has 0 saturated carbocycles. The maximum absolute atomic E-state index is 14.8. The number of hydrogen-bond acceptors (Lipinski definition) is 7. The van der Waals surface area contributed by atoms with E-state index in [0.29, 0.717) is 37.3 Å². The second kappa shape index (κ2) is 9.13. The number of carbonyl (C=O) groups excluding carboxylic acids is 3. The summed E-state index contributed by atoms with van der Waals surface area (Å²) in [5.41, 5.74) is 1.87. The fourth-order valence-electron chi connectivity index (χ4n) is 3.89. The third-order valence-corrected chi connectivity index (χ3v) is 5.63. The predicted octanol–water partition coefficient (Wildman–Crippen LogP) is 1.43. The molecule has 11 heteroatoms. The third kappa shape index (κ3) is 4.59. The molecule has 3 saturated heterocycles. The minimum absolute atomic E-state index is 0.0557. The van der Waals surface area contributed by atoms with Crippen molar-refractivity contribution < 1.29 is 28.2 Å². The van der Waals surface area contributed by atoms with Crippen LogP contribution >= 0.6 is 0 Å². The van der Waals surface area contributed by atoms with Gasteiger partial charge in [0.05, 0.1) is 30.5 Å². The van der Waals surface area contributed by atoms with Crippen LogP contribution in [0.15, 0.2) is 29.8 Å². The number of piperidine rings is 1. The van der Waals surface area contributed by atoms with Crippen molar-refractivity contribution in [2.45, 2.75) is 25.0 Å². The lowest BCUT2D eigenvalue weighted by Gasteiger charge is -2.30. The summed E-state index contributed by atoms with van der Waals surface area (Å²) in [5.74, 6) is -0.883. The van der Waals surface area contributed by atoms with E-state index < -0.39 is 36.1 Å². The molecule has 10 nitrogen and oxygen atoms in total. The first-order valence-electron chi connectivity index (χ1n) is 10.3. The maximum Gasteiger partial charge on any atom is 0.414 e. The van der Waals surface area contributed by atoms with Crippen molar-refractivity contribution in [1.29, 1.82) is 5.26 Å². The van der Waals surface area contributed by atoms with Gasteiger partial charge in [0.25, 0.3) is 0 Å². The molecular formula is C21H22FN5O5. The van der Waals surface area contributed by atoms with Gasteiger partial charge in [0.2, 0.25) is 5.91 Å². The van der Waals surface area contributed by atoms with Gasteiger partial charge in [-0.3, -0.25) is 9.69 Å². The van der Waals surface area contributed by atoms with Crippen molar-refractivity contribution in [1.82, 2.24) is 10.6 Å². The molecule has 3 amide bonds. The molecular weight excluding hydrogens is 421 g/mol. The van der Waals surface area contributed by atoms with Crippen LogP contribution in [0.4, 0.5) is 25.4 Å². The topological polar surface area (TPSA) is 124 Å². The lowest BCUT2D eigenvalue weighted by Crippen LogP contribution is -2.45. The standard InChI is InChI=1S/C21H22FN5O5/c22-16-9-14(1-2-18(16)26-7-4-13(3-6-23)5-8-26)27-11-15(32-21(27)30)10-24-19(28)17-12-31-20(29)25-17/h1-3,9,15,17H,4-5,7-8,10-12H2,(H,24,28)(H,25,29)/t15?,17-/m0/s1. The van der Waals surface area contributed by atoms with E-state index in [1.807, 2.05) is 11.0 Å². The third-order valence-electron chi connectivity index (χ3n) is 5.63. The Morgan fingerprint density at radius 1 is 1.34 bits per heavy atom. The zero-order chi connectivity index (χ0) is 22.7. The Labute approximate surface area is 183 Å². The lowest BCUT2D eigenvalue weighted by molar-refractivity contribution is -0.123. The Bertz CT molecular complexity index is 997. The number of nitrogens with zero attached hydrogens (tertiary/aromatic N) is 3. The summed E-state index contributed by atoms with van der Waals surface area (Å²) in [6.07, 6.45) is 1.07. The minimum Gasteiger partial charge on any atom is -0.447 e. The molecule has 0 radical (unpaired) electrons. The number of cyclic esters (lactones) is 2. The van der Waals surface area contributed by atoms with E-state index in [2.05, 4.69) is 15.4 Å². The number of amides is 3. The summed E-state index contributed by atoms with van der Waals surface area (Å²) in [4.78, 5) is 38.6. The largest absolute Gasteiger partial charge is 0.447 e. The quantitative estimate of drug-likeness (QED) is 0.660. The Morgan fingerprint density at radius 3 is 2.78 bits per heavy atom. The van der Waals surface area contributed by atoms with Crippen molar-refractivity contribution >= 4 is 29.5 Å². The van der Waals surface area contributed by atoms with Gasteiger partial charge in [0.1, 0.15) is 24.6 Å². The monoisotopic (exact) mass is 443 g/mol. The first-order valence-corrected chi connectivity index (χ1v) is 10.3. The van der Waals surface area contributed by atoms with Crippen LogP contribution in [-0.4, -0.2) is 63.0 Å². The van der Waals surface area contributed by atoms with Crippen molar-refractivity contribution in [3.63, 3.8) is 0 Å². The van der Waals surface area contributed by atoms with Crippen LogP contribution in [0.5, 0.6) is 0 Å². The number of halogens is 1. The molecule has 3 fully saturated rings. The lowest BCUT2D eigenvalue weighted by atomic mass is 10.0. The van der Waals surface area contributed by atoms with Crippen molar-refractivity contribution in [2.75, 3.05) is 42.6 Å². The first kappa shape index (κ1) is 21.4. The maximum atomic E-state index is 14.8. The highest BCUT2D eigenvalue weighted by atomic mass is 19.1. The van der Waals surface area contributed by atoms with E-state index in [4.69, 9.17) is 10.00 Å². The smallest absolute Gasteiger partial charge is 0.414 e. The summed E-state index contributed by atoms with van der Waals surface area (Å²) >= 11 is 0. The summed E-state index contributed by atoms with van der Waals surface area (Å²) in [6.45, 7) is 1.38. The number of nitrogens with one attached hydrogen (secondary N) is 2. The molecule has 0 aliphatic carbocycles. The molecule has 32 heavy (non-hydrogen) atoms. The van der Waals surface area contributed by atoms with Crippen molar-refractivity contribution in [3.8, 4) is 6.07 Å². The molecule has 0 bridgehead atoms. The summed E-state index contributed by atoms with van der Waals surface area (Å²) in [5, 5.41) is 13.7. The molecule has 0 spiro atoms. The molecule has 1 unspecified atom stereocenters. The van der Waals surface area contributed by atoms with Crippen molar-refractivity contribution in [2.24, 2.45) is 0 Å². The van der Waals surface area contributed by atoms with Gasteiger partial charge < -0.3 is 25.0 Å². The van der Waals surface area contributed by atoms with Gasteiger partial charge >= 0.3 is 12.2 Å². The number of benzene rings is 1. The number of allylic oxidation sites excluding steroid dienone is 1. The summed E-state index contributed by atoms with van der Waals surface area (Å²) in [7, 11) is 0. The second-order valence-corrected chi connectivity index (χ2v) is 7.71. The van der Waals surface area contributed by atoms with E-state index in [1.54, 1.807) is 18.2 Å². The summed E-state index contributed by atoms with van der Waals surface area (Å²) in [6, 6.07) is 5.84. The predicted molar refractivity (Wildman–Crippen MR) is 110 cm³/mol. The number of rotatable bonds is 5. The highest BCUT2D eigenvalue weighted by Crippen LogP contribution is 2.30. The number of alkyl carbamates (subject to hydrolysis) is 1. The molecule has 3 heterocycles. The Balaban J connectivity index is 1.34. The molecule has 0 aromatic heterocycles. The van der Waals surface area contributed by atoms with Crippen LogP contribution in [0.2, 0.25) is 0 Å². The zero-order valence-electron chi connectivity index (χ0n) is 17.2. The zero-order valence-corrected chi connectivity index (χ0v) is 17.2. The SMILES string of the molecule is N#CC=C1CCN(c2ccc(N3CC(CNC(=O)[C@@H]4COC(=O)N4)OC3=O)cc2F)CC1. The average molecular weight is 443 g/mol. The molecule has 2 atom stereocenters. The summed E-state index contributed by atoms with van der Waals surface area (Å²) < 4.78 is 24.8. The van der Waals surface area contributed by atoms with Crippen LogP contribution in [0.1, 0.15) is 12.8 Å². The van der Waals surface area contributed by atoms with Crippen LogP contribution in [0.3, 0.4) is 0 Å². The van der Waals surface area contributed by atoms with Gasteiger partial charge in [0.15, 0.2) is 0 Å². The number of anilines is 2. The van der Waals surface area contributed by atoms with Crippen LogP contribution in [-0.2, 0) is 14.3 Å². The molecule has 2 N–H and O–H groups in total. The van der Waals surface area contributed by atoms with Gasteiger partial charge in [-0.2, -0.15) is 5.26 Å². The number of carbonyl (C=O) groups is 3. The van der Waals surface area contributed by atoms with Crippen molar-refractivity contribution in [3.05, 3.63) is 35.7 Å². The van der Waals surface area contributed by atoms with E-state index >= 15 is 0 Å². The van der Waals surface area contributed by atoms with Gasteiger partial charge in [-0.1, -0.05) is 5.57 Å². The van der Waals surface area contributed by atoms with Crippen LogP contribution in [0, 0.1) is 17.1 Å². The number of ether oxygens (including phenoxy) is 2. The normalized spacial score (nSPS) is 22.7. The van der Waals surface area contributed by atoms with Gasteiger partial charge in [0, 0.05) is 19.2 Å². The molecule has 4 rings (SSSR count). The number of nitriles is 1. The Kier molecular flexibility index (Phi) is 6.11. The molecule has 168 valence electrons. The average Bonchev–Trinajstić information content (AvgIpc) is 3.38. The fourth-order valence-corrected chi connectivity index (χ4v) is 3.89. The van der Waals surface area contributed by atoms with Gasteiger partial charge in [-0.15, -0.1) is 0 Å². The Hall–Kier alpha value is -3.81. The number of hydrogen-bond donors (Lipinski definition) is 2. The van der Waals surface area contributed by atoms with E-state index in [1.165, 1.54) is 11.0 Å². The van der Waals surface area contributed by atoms with Crippen LogP contribution < -0.4 is 20.4 Å². The highest BCUT2D eigenvalue weighted by molar-refractivity contribution is 5.90. The molecule has 1 aromatic carbocycles. The van der Waals surface area contributed by atoms with Gasteiger partial charge in [-0.25, -0.2) is 14.0 Å². The van der Waals surface area contributed by atoms with E-state index in [0.717, 1.165) is 5.57 Å². The molecule has 3 aliphatic heterocycles. The minimum atomic E-state index is -0.779. The second-order valence-electron chi connectivity index (χ2n) is 7.71. The van der Waals surface area contributed by atoms with Crippen LogP contribution in [0.25, 0.3) is 0 Å². The highest BCUT2D eigenvalue weighted by Gasteiger charge is 2.35. The Morgan fingerprint density at radius 2 is 2.12 bits per heavy atom. The van der Waals surface area contributed by atoms with E-state index in [-0.39, 0.29) is 19.7 Å². The van der Waals surface area contributed by atoms with Gasteiger partial charge in [-0.05, 0) is 31.0 Å². The fraction of sp³-hybridized carbons (Fsp3) is 0.429. The molecule has 1 aromatic rings.